The molecule has 0 aliphatic carbocycles. The molecular weight excluding hydrogens is 402 g/mol. The predicted molar refractivity (Wildman–Crippen MR) is 126 cm³/mol. The van der Waals surface area contributed by atoms with Crippen LogP contribution in [0.2, 0.25) is 0 Å². The number of carboxylic acid groups (broad SMARTS) is 1. The number of nitrogens with one attached hydrogen (secondary N) is 2. The SMILES string of the molecule is O=C(O)CC(Cc1ccc(OCCCNc2nc3ccccc3[nH]2)cc1)c1ccccc1. The number of carbonyl (C=O) groups is 1. The van der Waals surface area contributed by atoms with E-state index in [1.807, 2.05) is 78.9 Å². The molecule has 0 saturated heterocycles. The van der Waals surface area contributed by atoms with Crippen LogP contribution in [0.15, 0.2) is 78.9 Å². The molecule has 4 aromatic rings. The number of imidazole rings is 1. The average molecular weight is 430 g/mol. The van der Waals surface area contributed by atoms with Crippen LogP contribution < -0.4 is 10.1 Å². The van der Waals surface area contributed by atoms with Gasteiger partial charge in [0.15, 0.2) is 0 Å². The number of aromatic amines is 1. The Morgan fingerprint density at radius 3 is 2.50 bits per heavy atom. The van der Waals surface area contributed by atoms with E-state index in [-0.39, 0.29) is 12.3 Å². The fourth-order valence-corrected chi connectivity index (χ4v) is 3.76. The second-order valence-electron chi connectivity index (χ2n) is 7.78. The van der Waals surface area contributed by atoms with Crippen molar-refractivity contribution < 1.29 is 14.6 Å². The van der Waals surface area contributed by atoms with Crippen molar-refractivity contribution in [2.45, 2.75) is 25.2 Å². The Morgan fingerprint density at radius 2 is 1.75 bits per heavy atom. The highest BCUT2D eigenvalue weighted by atomic mass is 16.5. The summed E-state index contributed by atoms with van der Waals surface area (Å²) in [7, 11) is 0. The van der Waals surface area contributed by atoms with Gasteiger partial charge >= 0.3 is 5.97 Å². The van der Waals surface area contributed by atoms with Crippen LogP contribution >= 0.6 is 0 Å². The molecule has 164 valence electrons. The molecule has 6 nitrogen and oxygen atoms in total. The normalized spacial score (nSPS) is 11.9. The van der Waals surface area contributed by atoms with Crippen molar-refractivity contribution in [3.05, 3.63) is 90.0 Å². The molecule has 0 amide bonds. The number of aromatic nitrogens is 2. The third-order valence-electron chi connectivity index (χ3n) is 5.37. The van der Waals surface area contributed by atoms with Crippen LogP contribution in [0.4, 0.5) is 5.95 Å². The minimum Gasteiger partial charge on any atom is -0.494 e. The lowest BCUT2D eigenvalue weighted by Gasteiger charge is -2.16. The first-order valence-electron chi connectivity index (χ1n) is 10.8. The number of anilines is 1. The molecule has 0 saturated carbocycles. The molecular formula is C26H27N3O3. The van der Waals surface area contributed by atoms with Gasteiger partial charge in [0.25, 0.3) is 0 Å². The summed E-state index contributed by atoms with van der Waals surface area (Å²) in [6.45, 7) is 1.35. The Kier molecular flexibility index (Phi) is 7.02. The second kappa shape index (κ2) is 10.5. The monoisotopic (exact) mass is 429 g/mol. The number of H-pyrrole nitrogens is 1. The van der Waals surface area contributed by atoms with Gasteiger partial charge in [0.05, 0.1) is 24.1 Å². The summed E-state index contributed by atoms with van der Waals surface area (Å²) in [6, 6.07) is 25.7. The zero-order valence-corrected chi connectivity index (χ0v) is 17.8. The summed E-state index contributed by atoms with van der Waals surface area (Å²) in [6.07, 6.45) is 1.63. The molecule has 0 bridgehead atoms. The molecule has 32 heavy (non-hydrogen) atoms. The third-order valence-corrected chi connectivity index (χ3v) is 5.37. The van der Waals surface area contributed by atoms with Gasteiger partial charge in [0.1, 0.15) is 5.75 Å². The fraction of sp³-hybridized carbons (Fsp3) is 0.231. The highest BCUT2D eigenvalue weighted by Crippen LogP contribution is 2.25. The molecule has 1 aromatic heterocycles. The molecule has 1 heterocycles. The van der Waals surface area contributed by atoms with Crippen LogP contribution in [0.1, 0.15) is 29.9 Å². The zero-order chi connectivity index (χ0) is 22.2. The van der Waals surface area contributed by atoms with Crippen molar-refractivity contribution in [2.75, 3.05) is 18.5 Å². The molecule has 0 fully saturated rings. The van der Waals surface area contributed by atoms with Gasteiger partial charge in [-0.2, -0.15) is 0 Å². The molecule has 0 spiro atoms. The first-order valence-corrected chi connectivity index (χ1v) is 10.8. The van der Waals surface area contributed by atoms with Gasteiger partial charge < -0.3 is 20.1 Å². The number of rotatable bonds is 11. The van der Waals surface area contributed by atoms with Gasteiger partial charge in [-0.1, -0.05) is 54.6 Å². The zero-order valence-electron chi connectivity index (χ0n) is 17.8. The molecule has 4 rings (SSSR count). The van der Waals surface area contributed by atoms with Crippen molar-refractivity contribution in [1.29, 1.82) is 0 Å². The van der Waals surface area contributed by atoms with E-state index in [4.69, 9.17) is 4.74 Å². The van der Waals surface area contributed by atoms with Gasteiger partial charge in [0, 0.05) is 6.54 Å². The minimum absolute atomic E-state index is 0.0511. The molecule has 0 radical (unpaired) electrons. The van der Waals surface area contributed by atoms with E-state index < -0.39 is 5.97 Å². The third kappa shape index (κ3) is 5.88. The Balaban J connectivity index is 1.23. The second-order valence-corrected chi connectivity index (χ2v) is 7.78. The number of aliphatic carboxylic acids is 1. The van der Waals surface area contributed by atoms with Gasteiger partial charge in [-0.25, -0.2) is 4.98 Å². The Morgan fingerprint density at radius 1 is 1.00 bits per heavy atom. The van der Waals surface area contributed by atoms with Crippen LogP contribution in [-0.4, -0.2) is 34.2 Å². The summed E-state index contributed by atoms with van der Waals surface area (Å²) in [4.78, 5) is 19.1. The van der Waals surface area contributed by atoms with Crippen molar-refractivity contribution in [3.63, 3.8) is 0 Å². The Bertz CT molecular complexity index is 1110. The first kappa shape index (κ1) is 21.4. The molecule has 1 unspecified atom stereocenters. The number of benzene rings is 3. The summed E-state index contributed by atoms with van der Waals surface area (Å²) in [5, 5.41) is 12.6. The topological polar surface area (TPSA) is 87.2 Å². The lowest BCUT2D eigenvalue weighted by Crippen LogP contribution is -2.09. The highest BCUT2D eigenvalue weighted by molar-refractivity contribution is 5.77. The van der Waals surface area contributed by atoms with Crippen LogP contribution in [0.3, 0.4) is 0 Å². The van der Waals surface area contributed by atoms with Gasteiger partial charge in [-0.05, 0) is 54.2 Å². The fourth-order valence-electron chi connectivity index (χ4n) is 3.76. The number of hydrogen-bond donors (Lipinski definition) is 3. The molecule has 0 aliphatic heterocycles. The smallest absolute Gasteiger partial charge is 0.303 e. The number of ether oxygens (including phenoxy) is 1. The van der Waals surface area contributed by atoms with E-state index >= 15 is 0 Å². The van der Waals surface area contributed by atoms with Crippen molar-refractivity contribution in [1.82, 2.24) is 9.97 Å². The molecule has 3 aromatic carbocycles. The highest BCUT2D eigenvalue weighted by Gasteiger charge is 2.16. The van der Waals surface area contributed by atoms with Crippen LogP contribution in [0, 0.1) is 0 Å². The number of nitrogens with zero attached hydrogens (tertiary/aromatic N) is 1. The summed E-state index contributed by atoms with van der Waals surface area (Å²) in [5.41, 5.74) is 4.11. The van der Waals surface area contributed by atoms with E-state index in [9.17, 15) is 9.90 Å². The average Bonchev–Trinajstić information content (AvgIpc) is 3.23. The lowest BCUT2D eigenvalue weighted by atomic mass is 9.89. The van der Waals surface area contributed by atoms with Crippen molar-refractivity contribution in [3.8, 4) is 5.75 Å². The lowest BCUT2D eigenvalue weighted by molar-refractivity contribution is -0.137. The standard InChI is InChI=1S/C26H27N3O3/c30-25(31)18-21(20-7-2-1-3-8-20)17-19-11-13-22(14-12-19)32-16-6-15-27-26-28-23-9-4-5-10-24(23)29-26/h1-5,7-14,21H,6,15-18H2,(H,30,31)(H2,27,28,29). The van der Waals surface area contributed by atoms with E-state index in [0.29, 0.717) is 13.0 Å². The maximum absolute atomic E-state index is 11.3. The van der Waals surface area contributed by atoms with E-state index in [0.717, 1.165) is 46.8 Å². The minimum atomic E-state index is -0.782. The van der Waals surface area contributed by atoms with Crippen LogP contribution in [-0.2, 0) is 11.2 Å². The van der Waals surface area contributed by atoms with Crippen LogP contribution in [0.5, 0.6) is 5.75 Å². The molecule has 0 aliphatic rings. The number of hydrogen-bond acceptors (Lipinski definition) is 4. The van der Waals surface area contributed by atoms with Crippen molar-refractivity contribution in [2.24, 2.45) is 0 Å². The largest absolute Gasteiger partial charge is 0.494 e. The summed E-state index contributed by atoms with van der Waals surface area (Å²) >= 11 is 0. The Labute approximate surface area is 187 Å². The first-order chi connectivity index (χ1) is 15.7. The molecule has 6 heteroatoms. The maximum Gasteiger partial charge on any atom is 0.303 e. The van der Waals surface area contributed by atoms with E-state index in [1.54, 1.807) is 0 Å². The van der Waals surface area contributed by atoms with Crippen LogP contribution in [0.25, 0.3) is 11.0 Å². The Hall–Kier alpha value is -3.80. The molecule has 1 atom stereocenters. The summed E-state index contributed by atoms with van der Waals surface area (Å²) in [5.74, 6) is 0.747. The predicted octanol–water partition coefficient (Wildman–Crippen LogP) is 5.24. The quantitative estimate of drug-likeness (QED) is 0.284. The number of para-hydroxylation sites is 2. The van der Waals surface area contributed by atoms with Crippen molar-refractivity contribution >= 4 is 23.0 Å². The van der Waals surface area contributed by atoms with E-state index in [2.05, 4.69) is 15.3 Å². The number of fused-ring (bicyclic) bond motifs is 1. The maximum atomic E-state index is 11.3. The molecule has 3 N–H and O–H groups in total. The van der Waals surface area contributed by atoms with Gasteiger partial charge in [-0.3, -0.25) is 4.79 Å². The van der Waals surface area contributed by atoms with Gasteiger partial charge in [0.2, 0.25) is 5.95 Å². The van der Waals surface area contributed by atoms with Gasteiger partial charge in [-0.15, -0.1) is 0 Å². The number of carboxylic acids is 1. The summed E-state index contributed by atoms with van der Waals surface area (Å²) < 4.78 is 5.85. The van der Waals surface area contributed by atoms with E-state index in [1.165, 1.54) is 0 Å².